The smallest absolute Gasteiger partial charge is 0.303 e. The summed E-state index contributed by atoms with van der Waals surface area (Å²) < 4.78 is 9.42. The minimum absolute atomic E-state index is 0.0579. The van der Waals surface area contributed by atoms with Crippen molar-refractivity contribution < 1.29 is 14.1 Å². The van der Waals surface area contributed by atoms with Gasteiger partial charge in [-0.15, -0.1) is 0 Å². The predicted octanol–water partition coefficient (Wildman–Crippen LogP) is 0.695. The van der Waals surface area contributed by atoms with E-state index in [0.29, 0.717) is 18.1 Å². The Balaban J connectivity index is 2.47. The average molecular weight is 170 g/mol. The Morgan fingerprint density at radius 3 is 2.92 bits per heavy atom. The van der Waals surface area contributed by atoms with Crippen molar-refractivity contribution in [2.75, 3.05) is 0 Å². The molecule has 0 fully saturated rings. The van der Waals surface area contributed by atoms with E-state index in [4.69, 9.17) is 4.52 Å². The Morgan fingerprint density at radius 1 is 1.67 bits per heavy atom. The number of hydrogen-bond acceptors (Lipinski definition) is 5. The van der Waals surface area contributed by atoms with E-state index in [-0.39, 0.29) is 12.6 Å². The van der Waals surface area contributed by atoms with Crippen LogP contribution in [-0.2, 0) is 22.6 Å². The average Bonchev–Trinajstić information content (AvgIpc) is 2.48. The van der Waals surface area contributed by atoms with Crippen LogP contribution in [0.1, 0.15) is 25.6 Å². The quantitative estimate of drug-likeness (QED) is 0.624. The Kier molecular flexibility index (Phi) is 2.79. The molecule has 12 heavy (non-hydrogen) atoms. The molecule has 1 rings (SSSR count). The zero-order valence-electron chi connectivity index (χ0n) is 7.03. The highest BCUT2D eigenvalue weighted by atomic mass is 16.6. The molecule has 66 valence electrons. The molecule has 0 aliphatic heterocycles. The van der Waals surface area contributed by atoms with Crippen molar-refractivity contribution in [2.24, 2.45) is 0 Å². The van der Waals surface area contributed by atoms with E-state index in [9.17, 15) is 4.79 Å². The van der Waals surface area contributed by atoms with Gasteiger partial charge in [0.1, 0.15) is 0 Å². The fourth-order valence-electron chi connectivity index (χ4n) is 0.656. The lowest BCUT2D eigenvalue weighted by molar-refractivity contribution is -0.143. The number of aryl methyl sites for hydroxylation is 1. The highest BCUT2D eigenvalue weighted by Gasteiger charge is 2.05. The molecule has 5 nitrogen and oxygen atoms in total. The van der Waals surface area contributed by atoms with Crippen LogP contribution in [0.5, 0.6) is 0 Å². The van der Waals surface area contributed by atoms with Gasteiger partial charge < -0.3 is 9.26 Å². The minimum Gasteiger partial charge on any atom is -0.456 e. The van der Waals surface area contributed by atoms with Crippen LogP contribution in [0.3, 0.4) is 0 Å². The molecule has 1 heterocycles. The van der Waals surface area contributed by atoms with E-state index >= 15 is 0 Å². The van der Waals surface area contributed by atoms with Gasteiger partial charge in [0, 0.05) is 13.3 Å². The van der Waals surface area contributed by atoms with Gasteiger partial charge >= 0.3 is 5.97 Å². The maximum Gasteiger partial charge on any atom is 0.303 e. The van der Waals surface area contributed by atoms with Gasteiger partial charge in [0.25, 0.3) is 5.89 Å². The fraction of sp³-hybridized carbons (Fsp3) is 0.571. The van der Waals surface area contributed by atoms with Gasteiger partial charge in [-0.1, -0.05) is 12.1 Å². The Hall–Kier alpha value is -1.39. The van der Waals surface area contributed by atoms with Crippen LogP contribution in [0.2, 0.25) is 0 Å². The molecule has 0 amide bonds. The molecule has 0 bridgehead atoms. The number of carbonyl (C=O) groups is 1. The molecule has 0 aromatic carbocycles. The van der Waals surface area contributed by atoms with Gasteiger partial charge in [0.15, 0.2) is 12.4 Å². The lowest BCUT2D eigenvalue weighted by Gasteiger charge is -1.93. The molecular formula is C7H10N2O3. The van der Waals surface area contributed by atoms with Crippen molar-refractivity contribution in [2.45, 2.75) is 26.9 Å². The zero-order chi connectivity index (χ0) is 8.97. The Labute approximate surface area is 69.7 Å². The van der Waals surface area contributed by atoms with Gasteiger partial charge in [0.05, 0.1) is 0 Å². The second-order valence-electron chi connectivity index (χ2n) is 2.24. The standard InChI is InChI=1S/C7H10N2O3/c1-3-6-8-7(12-9-6)4-11-5(2)10/h3-4H2,1-2H3. The predicted molar refractivity (Wildman–Crippen MR) is 39.1 cm³/mol. The lowest BCUT2D eigenvalue weighted by atomic mass is 10.5. The molecule has 5 heteroatoms. The number of aromatic nitrogens is 2. The molecule has 0 unspecified atom stereocenters. The minimum atomic E-state index is -0.355. The SMILES string of the molecule is CCc1noc(COC(C)=O)n1. The molecule has 0 radical (unpaired) electrons. The van der Waals surface area contributed by atoms with Gasteiger partial charge in [0.2, 0.25) is 0 Å². The summed E-state index contributed by atoms with van der Waals surface area (Å²) in [5.74, 6) is 0.602. The number of esters is 1. The summed E-state index contributed by atoms with van der Waals surface area (Å²) in [4.78, 5) is 14.3. The van der Waals surface area contributed by atoms with Gasteiger partial charge in [-0.25, -0.2) is 0 Å². The first kappa shape index (κ1) is 8.70. The zero-order valence-corrected chi connectivity index (χ0v) is 7.03. The summed E-state index contributed by atoms with van der Waals surface area (Å²) >= 11 is 0. The number of carbonyl (C=O) groups excluding carboxylic acids is 1. The Bertz CT molecular complexity index is 269. The maximum atomic E-state index is 10.4. The normalized spacial score (nSPS) is 9.83. The van der Waals surface area contributed by atoms with Crippen LogP contribution >= 0.6 is 0 Å². The van der Waals surface area contributed by atoms with Crippen LogP contribution in [-0.4, -0.2) is 16.1 Å². The summed E-state index contributed by atoms with van der Waals surface area (Å²) in [5, 5.41) is 3.64. The molecule has 0 aliphatic rings. The van der Waals surface area contributed by atoms with Crippen molar-refractivity contribution in [1.82, 2.24) is 10.1 Å². The van der Waals surface area contributed by atoms with Crippen molar-refractivity contribution in [1.29, 1.82) is 0 Å². The van der Waals surface area contributed by atoms with E-state index in [1.807, 2.05) is 6.92 Å². The third-order valence-electron chi connectivity index (χ3n) is 1.23. The fourth-order valence-corrected chi connectivity index (χ4v) is 0.656. The molecule has 0 aliphatic carbocycles. The van der Waals surface area contributed by atoms with Crippen LogP contribution in [0.15, 0.2) is 4.52 Å². The summed E-state index contributed by atoms with van der Waals surface area (Å²) in [6.45, 7) is 3.31. The van der Waals surface area contributed by atoms with Crippen molar-refractivity contribution in [3.8, 4) is 0 Å². The summed E-state index contributed by atoms with van der Waals surface area (Å²) in [6.07, 6.45) is 0.712. The number of rotatable bonds is 3. The first-order valence-electron chi connectivity index (χ1n) is 3.67. The molecule has 0 N–H and O–H groups in total. The van der Waals surface area contributed by atoms with Crippen LogP contribution in [0.25, 0.3) is 0 Å². The number of nitrogens with zero attached hydrogens (tertiary/aromatic N) is 2. The summed E-state index contributed by atoms with van der Waals surface area (Å²) in [5.41, 5.74) is 0. The van der Waals surface area contributed by atoms with Crippen molar-refractivity contribution >= 4 is 5.97 Å². The first-order valence-corrected chi connectivity index (χ1v) is 3.67. The van der Waals surface area contributed by atoms with Crippen LogP contribution < -0.4 is 0 Å². The molecule has 0 saturated carbocycles. The third-order valence-corrected chi connectivity index (χ3v) is 1.23. The Morgan fingerprint density at radius 2 is 2.42 bits per heavy atom. The molecular weight excluding hydrogens is 160 g/mol. The summed E-state index contributed by atoms with van der Waals surface area (Å²) in [7, 11) is 0. The van der Waals surface area contributed by atoms with E-state index in [0.717, 1.165) is 0 Å². The maximum absolute atomic E-state index is 10.4. The van der Waals surface area contributed by atoms with Gasteiger partial charge in [-0.3, -0.25) is 4.79 Å². The molecule has 0 spiro atoms. The first-order chi connectivity index (χ1) is 5.72. The largest absolute Gasteiger partial charge is 0.456 e. The van der Waals surface area contributed by atoms with Gasteiger partial charge in [-0.05, 0) is 0 Å². The van der Waals surface area contributed by atoms with Crippen molar-refractivity contribution in [3.05, 3.63) is 11.7 Å². The van der Waals surface area contributed by atoms with E-state index in [1.54, 1.807) is 0 Å². The van der Waals surface area contributed by atoms with E-state index < -0.39 is 0 Å². The van der Waals surface area contributed by atoms with E-state index in [1.165, 1.54) is 6.92 Å². The van der Waals surface area contributed by atoms with E-state index in [2.05, 4.69) is 14.9 Å². The molecule has 1 aromatic rings. The highest BCUT2D eigenvalue weighted by Crippen LogP contribution is 1.99. The topological polar surface area (TPSA) is 65.2 Å². The third kappa shape index (κ3) is 2.34. The van der Waals surface area contributed by atoms with Gasteiger partial charge in [-0.2, -0.15) is 4.98 Å². The van der Waals surface area contributed by atoms with Crippen LogP contribution in [0.4, 0.5) is 0 Å². The second-order valence-corrected chi connectivity index (χ2v) is 2.24. The van der Waals surface area contributed by atoms with Crippen molar-refractivity contribution in [3.63, 3.8) is 0 Å². The molecule has 1 aromatic heterocycles. The monoisotopic (exact) mass is 170 g/mol. The molecule has 0 saturated heterocycles. The summed E-state index contributed by atoms with van der Waals surface area (Å²) in [6, 6.07) is 0. The molecule has 0 atom stereocenters. The second kappa shape index (κ2) is 3.85. The van der Waals surface area contributed by atoms with Crippen LogP contribution in [0, 0.1) is 0 Å². The lowest BCUT2D eigenvalue weighted by Crippen LogP contribution is -1.98. The number of ether oxygens (including phenoxy) is 1. The number of hydrogen-bond donors (Lipinski definition) is 0. The highest BCUT2D eigenvalue weighted by molar-refractivity contribution is 5.65.